The maximum atomic E-state index is 11.5. The van der Waals surface area contributed by atoms with E-state index < -0.39 is 5.41 Å². The van der Waals surface area contributed by atoms with Crippen molar-refractivity contribution in [1.82, 2.24) is 0 Å². The van der Waals surface area contributed by atoms with Crippen molar-refractivity contribution in [3.63, 3.8) is 0 Å². The zero-order chi connectivity index (χ0) is 10.8. The predicted molar refractivity (Wildman–Crippen MR) is 55.7 cm³/mol. The Kier molecular flexibility index (Phi) is 3.53. The molecule has 82 valence electrons. The zero-order valence-electron chi connectivity index (χ0n) is 9.38. The highest BCUT2D eigenvalue weighted by atomic mass is 16.5. The van der Waals surface area contributed by atoms with Crippen molar-refractivity contribution in [2.24, 2.45) is 17.1 Å². The van der Waals surface area contributed by atoms with E-state index in [0.717, 1.165) is 12.8 Å². The summed E-state index contributed by atoms with van der Waals surface area (Å²) in [5.74, 6) is 0.293. The van der Waals surface area contributed by atoms with Crippen molar-refractivity contribution in [1.29, 1.82) is 0 Å². The fraction of sp³-hybridized carbons (Fsp3) is 0.909. The third-order valence-electron chi connectivity index (χ3n) is 3.45. The van der Waals surface area contributed by atoms with Crippen LogP contribution in [0.25, 0.3) is 0 Å². The lowest BCUT2D eigenvalue weighted by molar-refractivity contribution is -0.152. The van der Waals surface area contributed by atoms with E-state index in [1.165, 1.54) is 20.0 Å². The van der Waals surface area contributed by atoms with Crippen LogP contribution >= 0.6 is 0 Å². The molecule has 0 radical (unpaired) electrons. The molecule has 3 heteroatoms. The lowest BCUT2D eigenvalue weighted by Gasteiger charge is -2.32. The maximum Gasteiger partial charge on any atom is 0.312 e. The van der Waals surface area contributed by atoms with Gasteiger partial charge in [0.25, 0.3) is 0 Å². The number of carbonyl (C=O) groups is 1. The van der Waals surface area contributed by atoms with Gasteiger partial charge in [0.1, 0.15) is 0 Å². The average molecular weight is 199 g/mol. The Morgan fingerprint density at radius 3 is 2.36 bits per heavy atom. The summed E-state index contributed by atoms with van der Waals surface area (Å²) in [5.41, 5.74) is 5.58. The minimum Gasteiger partial charge on any atom is -0.469 e. The van der Waals surface area contributed by atoms with Crippen molar-refractivity contribution >= 4 is 5.97 Å². The average Bonchev–Trinajstić information content (AvgIpc) is 2.67. The maximum absolute atomic E-state index is 11.5. The first-order valence-electron chi connectivity index (χ1n) is 5.34. The summed E-state index contributed by atoms with van der Waals surface area (Å²) in [6.07, 6.45) is 4.80. The Balaban J connectivity index is 2.65. The first-order valence-corrected chi connectivity index (χ1v) is 5.34. The van der Waals surface area contributed by atoms with E-state index in [-0.39, 0.29) is 12.0 Å². The number of rotatable bonds is 3. The smallest absolute Gasteiger partial charge is 0.312 e. The topological polar surface area (TPSA) is 52.3 Å². The van der Waals surface area contributed by atoms with E-state index in [4.69, 9.17) is 10.5 Å². The van der Waals surface area contributed by atoms with E-state index in [0.29, 0.717) is 5.92 Å². The third kappa shape index (κ3) is 2.08. The Hall–Kier alpha value is -0.570. The van der Waals surface area contributed by atoms with E-state index in [1.54, 1.807) is 0 Å². The van der Waals surface area contributed by atoms with Gasteiger partial charge < -0.3 is 10.5 Å². The highest BCUT2D eigenvalue weighted by Gasteiger charge is 2.40. The SMILES string of the molecule is COC(=O)C(C)(C)C(N)C1CCCC1. The summed E-state index contributed by atoms with van der Waals surface area (Å²) in [5, 5.41) is 0. The van der Waals surface area contributed by atoms with Crippen LogP contribution in [0.2, 0.25) is 0 Å². The second kappa shape index (κ2) is 4.30. The molecule has 2 N–H and O–H groups in total. The lowest BCUT2D eigenvalue weighted by Crippen LogP contribution is -2.47. The van der Waals surface area contributed by atoms with Gasteiger partial charge in [-0.3, -0.25) is 4.79 Å². The lowest BCUT2D eigenvalue weighted by atomic mass is 9.77. The van der Waals surface area contributed by atoms with E-state index in [9.17, 15) is 4.79 Å². The van der Waals surface area contributed by atoms with Gasteiger partial charge in [0.05, 0.1) is 12.5 Å². The van der Waals surface area contributed by atoms with Crippen LogP contribution in [0.1, 0.15) is 39.5 Å². The molecule has 1 saturated carbocycles. The molecule has 0 aliphatic heterocycles. The van der Waals surface area contributed by atoms with Gasteiger partial charge in [-0.05, 0) is 32.6 Å². The Morgan fingerprint density at radius 2 is 1.93 bits per heavy atom. The molecule has 3 nitrogen and oxygen atoms in total. The Bertz CT molecular complexity index is 207. The fourth-order valence-corrected chi connectivity index (χ4v) is 2.30. The normalized spacial score (nSPS) is 20.9. The molecule has 0 amide bonds. The van der Waals surface area contributed by atoms with E-state index in [1.807, 2.05) is 13.8 Å². The first kappa shape index (κ1) is 11.5. The summed E-state index contributed by atoms with van der Waals surface area (Å²) < 4.78 is 4.78. The third-order valence-corrected chi connectivity index (χ3v) is 3.45. The van der Waals surface area contributed by atoms with E-state index in [2.05, 4.69) is 0 Å². The van der Waals surface area contributed by atoms with Gasteiger partial charge in [0, 0.05) is 6.04 Å². The second-order valence-electron chi connectivity index (χ2n) is 4.78. The number of hydrogen-bond donors (Lipinski definition) is 1. The number of hydrogen-bond acceptors (Lipinski definition) is 3. The van der Waals surface area contributed by atoms with Gasteiger partial charge in [0.2, 0.25) is 0 Å². The molecule has 0 aromatic carbocycles. The van der Waals surface area contributed by atoms with Crippen molar-refractivity contribution in [3.8, 4) is 0 Å². The molecule has 0 heterocycles. The summed E-state index contributed by atoms with van der Waals surface area (Å²) in [6.45, 7) is 3.75. The standard InChI is InChI=1S/C11H21NO2/c1-11(2,10(13)14-3)9(12)8-6-4-5-7-8/h8-9H,4-7,12H2,1-3H3. The number of ether oxygens (including phenoxy) is 1. The second-order valence-corrected chi connectivity index (χ2v) is 4.78. The summed E-state index contributed by atoms with van der Waals surface area (Å²) in [4.78, 5) is 11.5. The molecule has 1 fully saturated rings. The van der Waals surface area contributed by atoms with Crippen LogP contribution in [0.15, 0.2) is 0 Å². The van der Waals surface area contributed by atoms with Crippen molar-refractivity contribution in [2.75, 3.05) is 7.11 Å². The van der Waals surface area contributed by atoms with Gasteiger partial charge in [0.15, 0.2) is 0 Å². The molecular weight excluding hydrogens is 178 g/mol. The number of methoxy groups -OCH3 is 1. The zero-order valence-corrected chi connectivity index (χ0v) is 9.38. The minimum atomic E-state index is -0.552. The van der Waals surface area contributed by atoms with Crippen LogP contribution in [0.5, 0.6) is 0 Å². The van der Waals surface area contributed by atoms with Gasteiger partial charge in [-0.1, -0.05) is 12.8 Å². The van der Waals surface area contributed by atoms with Crippen molar-refractivity contribution in [2.45, 2.75) is 45.6 Å². The van der Waals surface area contributed by atoms with Gasteiger partial charge in [-0.15, -0.1) is 0 Å². The summed E-state index contributed by atoms with van der Waals surface area (Å²) >= 11 is 0. The van der Waals surface area contributed by atoms with Crippen LogP contribution in [-0.2, 0) is 9.53 Å². The molecule has 1 atom stereocenters. The van der Waals surface area contributed by atoms with Crippen LogP contribution in [-0.4, -0.2) is 19.1 Å². The molecule has 0 saturated heterocycles. The van der Waals surface area contributed by atoms with Gasteiger partial charge >= 0.3 is 5.97 Å². The quantitative estimate of drug-likeness (QED) is 0.704. The predicted octanol–water partition coefficient (Wildman–Crippen LogP) is 1.70. The molecule has 14 heavy (non-hydrogen) atoms. The Labute approximate surface area is 86.0 Å². The molecule has 1 aliphatic rings. The molecule has 1 aliphatic carbocycles. The summed E-state index contributed by atoms with van der Waals surface area (Å²) in [6, 6.07) is -0.0718. The van der Waals surface area contributed by atoms with Gasteiger partial charge in [-0.25, -0.2) is 0 Å². The van der Waals surface area contributed by atoms with Crippen LogP contribution in [0, 0.1) is 11.3 Å². The number of esters is 1. The fourth-order valence-electron chi connectivity index (χ4n) is 2.30. The molecule has 0 aromatic heterocycles. The van der Waals surface area contributed by atoms with Crippen molar-refractivity contribution in [3.05, 3.63) is 0 Å². The van der Waals surface area contributed by atoms with Crippen LogP contribution < -0.4 is 5.73 Å². The highest BCUT2D eigenvalue weighted by molar-refractivity contribution is 5.76. The summed E-state index contributed by atoms with van der Waals surface area (Å²) in [7, 11) is 1.42. The number of nitrogens with two attached hydrogens (primary N) is 1. The molecule has 0 bridgehead atoms. The van der Waals surface area contributed by atoms with Gasteiger partial charge in [-0.2, -0.15) is 0 Å². The molecule has 0 aromatic rings. The first-order chi connectivity index (χ1) is 6.50. The molecular formula is C11H21NO2. The van der Waals surface area contributed by atoms with Crippen LogP contribution in [0.3, 0.4) is 0 Å². The highest BCUT2D eigenvalue weighted by Crippen LogP contribution is 2.35. The Morgan fingerprint density at radius 1 is 1.43 bits per heavy atom. The monoisotopic (exact) mass is 199 g/mol. The van der Waals surface area contributed by atoms with Crippen molar-refractivity contribution < 1.29 is 9.53 Å². The molecule has 0 spiro atoms. The van der Waals surface area contributed by atoms with E-state index >= 15 is 0 Å². The minimum absolute atomic E-state index is 0.0718. The molecule has 1 unspecified atom stereocenters. The molecule has 1 rings (SSSR count). The van der Waals surface area contributed by atoms with Crippen LogP contribution in [0.4, 0.5) is 0 Å². The number of carbonyl (C=O) groups excluding carboxylic acids is 1. The largest absolute Gasteiger partial charge is 0.469 e.